The lowest BCUT2D eigenvalue weighted by atomic mass is 10.2. The molecule has 2 aromatic rings. The lowest BCUT2D eigenvalue weighted by molar-refractivity contribution is -0.137. The van der Waals surface area contributed by atoms with Crippen LogP contribution in [-0.2, 0) is 11.2 Å². The molecule has 0 aliphatic heterocycles. The first-order chi connectivity index (χ1) is 8.49. The van der Waals surface area contributed by atoms with Gasteiger partial charge in [0.25, 0.3) is 0 Å². The van der Waals surface area contributed by atoms with Crippen LogP contribution in [0, 0.1) is 0 Å². The van der Waals surface area contributed by atoms with E-state index in [1.54, 1.807) is 6.07 Å². The van der Waals surface area contributed by atoms with Gasteiger partial charge in [0.1, 0.15) is 5.82 Å². The zero-order chi connectivity index (χ0) is 13.3. The maximum Gasteiger partial charge on any atom is 0.303 e. The van der Waals surface area contributed by atoms with E-state index in [0.29, 0.717) is 11.4 Å². The van der Waals surface area contributed by atoms with Gasteiger partial charge in [-0.2, -0.15) is 0 Å². The van der Waals surface area contributed by atoms with Gasteiger partial charge in [-0.15, -0.1) is 0 Å². The van der Waals surface area contributed by atoms with Crippen molar-refractivity contribution in [2.45, 2.75) is 32.7 Å². The van der Waals surface area contributed by atoms with Gasteiger partial charge in [0, 0.05) is 17.5 Å². The molecule has 0 spiro atoms. The molecule has 18 heavy (non-hydrogen) atoms. The van der Waals surface area contributed by atoms with E-state index in [4.69, 9.17) is 16.7 Å². The summed E-state index contributed by atoms with van der Waals surface area (Å²) < 4.78 is 2.06. The van der Waals surface area contributed by atoms with Crippen molar-refractivity contribution in [3.8, 4) is 0 Å². The van der Waals surface area contributed by atoms with Gasteiger partial charge in [-0.3, -0.25) is 4.79 Å². The standard InChI is InChI=1S/C13H15ClN2O2/c1-8(2)16-11-4-3-9(14)7-10(11)15-12(16)5-6-13(17)18/h3-4,7-8H,5-6H2,1-2H3,(H,17,18). The maximum atomic E-state index is 10.7. The molecule has 0 radical (unpaired) electrons. The molecule has 0 unspecified atom stereocenters. The van der Waals surface area contributed by atoms with Crippen molar-refractivity contribution in [2.24, 2.45) is 0 Å². The van der Waals surface area contributed by atoms with Crippen LogP contribution in [0.4, 0.5) is 0 Å². The predicted octanol–water partition coefficient (Wildman–Crippen LogP) is 3.29. The molecule has 1 N–H and O–H groups in total. The van der Waals surface area contributed by atoms with Crippen molar-refractivity contribution < 1.29 is 9.90 Å². The van der Waals surface area contributed by atoms with Gasteiger partial charge in [-0.25, -0.2) is 4.98 Å². The van der Waals surface area contributed by atoms with Gasteiger partial charge < -0.3 is 9.67 Å². The summed E-state index contributed by atoms with van der Waals surface area (Å²) in [6.45, 7) is 4.11. The number of nitrogens with zero attached hydrogens (tertiary/aromatic N) is 2. The number of rotatable bonds is 4. The van der Waals surface area contributed by atoms with Gasteiger partial charge in [-0.1, -0.05) is 11.6 Å². The van der Waals surface area contributed by atoms with Crippen LogP contribution < -0.4 is 0 Å². The number of imidazole rings is 1. The van der Waals surface area contributed by atoms with E-state index >= 15 is 0 Å². The molecule has 0 atom stereocenters. The quantitative estimate of drug-likeness (QED) is 0.924. The van der Waals surface area contributed by atoms with Gasteiger partial charge in [0.05, 0.1) is 17.5 Å². The molecular weight excluding hydrogens is 252 g/mol. The van der Waals surface area contributed by atoms with E-state index in [1.807, 2.05) is 12.1 Å². The molecule has 1 aromatic heterocycles. The van der Waals surface area contributed by atoms with E-state index in [9.17, 15) is 4.79 Å². The average Bonchev–Trinajstić information content (AvgIpc) is 2.63. The molecule has 0 saturated carbocycles. The highest BCUT2D eigenvalue weighted by molar-refractivity contribution is 6.31. The van der Waals surface area contributed by atoms with E-state index in [-0.39, 0.29) is 12.5 Å². The van der Waals surface area contributed by atoms with Gasteiger partial charge in [0.2, 0.25) is 0 Å². The highest BCUT2D eigenvalue weighted by atomic mass is 35.5. The van der Waals surface area contributed by atoms with Crippen molar-refractivity contribution in [1.29, 1.82) is 0 Å². The lowest BCUT2D eigenvalue weighted by Crippen LogP contribution is -2.08. The van der Waals surface area contributed by atoms with Crippen molar-refractivity contribution in [3.63, 3.8) is 0 Å². The number of aryl methyl sites for hydroxylation is 1. The van der Waals surface area contributed by atoms with Crippen molar-refractivity contribution in [1.82, 2.24) is 9.55 Å². The second kappa shape index (κ2) is 4.98. The molecule has 96 valence electrons. The minimum atomic E-state index is -0.810. The third-order valence-corrected chi connectivity index (χ3v) is 3.04. The largest absolute Gasteiger partial charge is 0.481 e. The summed E-state index contributed by atoms with van der Waals surface area (Å²) in [6.07, 6.45) is 0.517. The first-order valence-corrected chi connectivity index (χ1v) is 6.25. The number of carboxylic acids is 1. The molecule has 1 aromatic carbocycles. The number of carboxylic acid groups (broad SMARTS) is 1. The Hall–Kier alpha value is -1.55. The van der Waals surface area contributed by atoms with Crippen LogP contribution in [0.2, 0.25) is 5.02 Å². The molecule has 5 heteroatoms. The third kappa shape index (κ3) is 2.48. The first kappa shape index (κ1) is 12.9. The summed E-state index contributed by atoms with van der Waals surface area (Å²) in [5.41, 5.74) is 1.81. The molecule has 0 fully saturated rings. The second-order valence-electron chi connectivity index (χ2n) is 4.52. The summed E-state index contributed by atoms with van der Waals surface area (Å²) in [5, 5.41) is 9.40. The van der Waals surface area contributed by atoms with Crippen LogP contribution in [0.3, 0.4) is 0 Å². The fourth-order valence-corrected chi connectivity index (χ4v) is 2.26. The van der Waals surface area contributed by atoms with Gasteiger partial charge in [0.15, 0.2) is 0 Å². The molecule has 0 amide bonds. The molecule has 0 saturated heterocycles. The lowest BCUT2D eigenvalue weighted by Gasteiger charge is -2.12. The van der Waals surface area contributed by atoms with E-state index in [2.05, 4.69) is 23.4 Å². The van der Waals surface area contributed by atoms with Crippen LogP contribution >= 0.6 is 11.6 Å². The van der Waals surface area contributed by atoms with E-state index in [0.717, 1.165) is 16.9 Å². The number of aromatic nitrogens is 2. The van der Waals surface area contributed by atoms with Crippen molar-refractivity contribution in [3.05, 3.63) is 29.0 Å². The Morgan fingerprint density at radius 3 is 2.83 bits per heavy atom. The fourth-order valence-electron chi connectivity index (χ4n) is 2.09. The maximum absolute atomic E-state index is 10.7. The Morgan fingerprint density at radius 2 is 2.22 bits per heavy atom. The van der Waals surface area contributed by atoms with Crippen LogP contribution in [0.15, 0.2) is 18.2 Å². The highest BCUT2D eigenvalue weighted by Crippen LogP contribution is 2.24. The van der Waals surface area contributed by atoms with E-state index < -0.39 is 5.97 Å². The Bertz CT molecular complexity index is 590. The Labute approximate surface area is 110 Å². The van der Waals surface area contributed by atoms with Crippen LogP contribution in [0.25, 0.3) is 11.0 Å². The zero-order valence-corrected chi connectivity index (χ0v) is 11.1. The summed E-state index contributed by atoms with van der Waals surface area (Å²) >= 11 is 5.94. The Kier molecular flexibility index (Phi) is 3.57. The van der Waals surface area contributed by atoms with Crippen molar-refractivity contribution >= 4 is 28.6 Å². The predicted molar refractivity (Wildman–Crippen MR) is 71.1 cm³/mol. The topological polar surface area (TPSA) is 55.1 Å². The zero-order valence-electron chi connectivity index (χ0n) is 10.4. The van der Waals surface area contributed by atoms with Gasteiger partial charge >= 0.3 is 5.97 Å². The fraction of sp³-hybridized carbons (Fsp3) is 0.385. The number of carbonyl (C=O) groups is 1. The monoisotopic (exact) mass is 266 g/mol. The number of fused-ring (bicyclic) bond motifs is 1. The number of benzene rings is 1. The second-order valence-corrected chi connectivity index (χ2v) is 4.95. The summed E-state index contributed by atoms with van der Waals surface area (Å²) in [7, 11) is 0. The molecule has 1 heterocycles. The minimum Gasteiger partial charge on any atom is -0.481 e. The summed E-state index contributed by atoms with van der Waals surface area (Å²) in [5.74, 6) is -0.0138. The molecular formula is C13H15ClN2O2. The number of aliphatic carboxylic acids is 1. The van der Waals surface area contributed by atoms with E-state index in [1.165, 1.54) is 0 Å². The molecule has 0 aliphatic carbocycles. The molecule has 4 nitrogen and oxygen atoms in total. The van der Waals surface area contributed by atoms with Crippen LogP contribution in [-0.4, -0.2) is 20.6 Å². The van der Waals surface area contributed by atoms with Crippen LogP contribution in [0.5, 0.6) is 0 Å². The molecule has 2 rings (SSSR count). The minimum absolute atomic E-state index is 0.0871. The first-order valence-electron chi connectivity index (χ1n) is 5.87. The third-order valence-electron chi connectivity index (χ3n) is 2.80. The van der Waals surface area contributed by atoms with Gasteiger partial charge in [-0.05, 0) is 32.0 Å². The number of hydrogen-bond donors (Lipinski definition) is 1. The smallest absolute Gasteiger partial charge is 0.303 e. The molecule has 0 aliphatic rings. The summed E-state index contributed by atoms with van der Waals surface area (Å²) in [4.78, 5) is 15.1. The van der Waals surface area contributed by atoms with Crippen molar-refractivity contribution in [2.75, 3.05) is 0 Å². The Balaban J connectivity index is 2.50. The summed E-state index contributed by atoms with van der Waals surface area (Å²) in [6, 6.07) is 5.79. The highest BCUT2D eigenvalue weighted by Gasteiger charge is 2.14. The number of halogens is 1. The Morgan fingerprint density at radius 1 is 1.50 bits per heavy atom. The SMILES string of the molecule is CC(C)n1c(CCC(=O)O)nc2cc(Cl)ccc21. The number of hydrogen-bond acceptors (Lipinski definition) is 2. The average molecular weight is 267 g/mol. The normalized spacial score (nSPS) is 11.3. The molecule has 0 bridgehead atoms. The van der Waals surface area contributed by atoms with Crippen LogP contribution in [0.1, 0.15) is 32.1 Å².